The van der Waals surface area contributed by atoms with Gasteiger partial charge in [0, 0.05) is 24.1 Å². The molecule has 0 aromatic heterocycles. The standard InChI is InChI=1S/C16H32N2O/c1-5-19-14-11-16(17,15(14,3)4)12-18-9-6-7-13(2)8-10-18/h13-14H,5-12,17H2,1-4H3. The van der Waals surface area contributed by atoms with Crippen LogP contribution < -0.4 is 5.73 Å². The Balaban J connectivity index is 1.91. The molecule has 2 fully saturated rings. The van der Waals surface area contributed by atoms with Crippen LogP contribution >= 0.6 is 0 Å². The van der Waals surface area contributed by atoms with Gasteiger partial charge in [-0.1, -0.05) is 20.8 Å². The Hall–Kier alpha value is -0.120. The number of rotatable bonds is 4. The van der Waals surface area contributed by atoms with E-state index in [1.165, 1.54) is 32.4 Å². The summed E-state index contributed by atoms with van der Waals surface area (Å²) in [7, 11) is 0. The lowest BCUT2D eigenvalue weighted by Gasteiger charge is -2.60. The summed E-state index contributed by atoms with van der Waals surface area (Å²) in [6.07, 6.45) is 5.38. The molecule has 0 spiro atoms. The fraction of sp³-hybridized carbons (Fsp3) is 1.00. The molecule has 19 heavy (non-hydrogen) atoms. The lowest BCUT2D eigenvalue weighted by Crippen LogP contribution is -2.73. The molecule has 1 saturated carbocycles. The summed E-state index contributed by atoms with van der Waals surface area (Å²) in [5.74, 6) is 0.879. The molecule has 0 radical (unpaired) electrons. The van der Waals surface area contributed by atoms with Crippen LogP contribution in [0.2, 0.25) is 0 Å². The molecule has 1 saturated heterocycles. The van der Waals surface area contributed by atoms with Gasteiger partial charge in [0.25, 0.3) is 0 Å². The molecular weight excluding hydrogens is 236 g/mol. The Morgan fingerprint density at radius 1 is 1.26 bits per heavy atom. The van der Waals surface area contributed by atoms with Crippen molar-refractivity contribution in [3.05, 3.63) is 0 Å². The maximum atomic E-state index is 6.70. The highest BCUT2D eigenvalue weighted by Crippen LogP contribution is 2.50. The van der Waals surface area contributed by atoms with Gasteiger partial charge in [0.2, 0.25) is 0 Å². The lowest BCUT2D eigenvalue weighted by atomic mass is 9.54. The average molecular weight is 268 g/mol. The predicted molar refractivity (Wildman–Crippen MR) is 80.2 cm³/mol. The third-order valence-corrected chi connectivity index (χ3v) is 5.62. The van der Waals surface area contributed by atoms with Gasteiger partial charge < -0.3 is 15.4 Å². The first kappa shape index (κ1) is 15.3. The van der Waals surface area contributed by atoms with Crippen LogP contribution in [0, 0.1) is 11.3 Å². The van der Waals surface area contributed by atoms with Gasteiger partial charge in [-0.3, -0.25) is 0 Å². The van der Waals surface area contributed by atoms with Crippen molar-refractivity contribution in [3.63, 3.8) is 0 Å². The topological polar surface area (TPSA) is 38.5 Å². The van der Waals surface area contributed by atoms with Crippen molar-refractivity contribution in [2.45, 2.75) is 65.0 Å². The van der Waals surface area contributed by atoms with Gasteiger partial charge in [-0.15, -0.1) is 0 Å². The zero-order valence-electron chi connectivity index (χ0n) is 13.2. The first-order chi connectivity index (χ1) is 8.89. The van der Waals surface area contributed by atoms with Crippen LogP contribution in [0.1, 0.15) is 53.4 Å². The van der Waals surface area contributed by atoms with E-state index in [1.54, 1.807) is 0 Å². The monoisotopic (exact) mass is 268 g/mol. The van der Waals surface area contributed by atoms with Gasteiger partial charge in [-0.05, 0) is 51.6 Å². The van der Waals surface area contributed by atoms with Crippen LogP contribution in [0.15, 0.2) is 0 Å². The summed E-state index contributed by atoms with van der Waals surface area (Å²) in [4.78, 5) is 2.59. The number of likely N-dealkylation sites (tertiary alicyclic amines) is 1. The molecule has 112 valence electrons. The van der Waals surface area contributed by atoms with E-state index in [0.29, 0.717) is 6.10 Å². The molecule has 0 aromatic carbocycles. The van der Waals surface area contributed by atoms with E-state index in [9.17, 15) is 0 Å². The molecule has 1 aliphatic carbocycles. The molecule has 2 rings (SSSR count). The van der Waals surface area contributed by atoms with Crippen LogP contribution in [0.3, 0.4) is 0 Å². The second kappa shape index (κ2) is 5.71. The van der Waals surface area contributed by atoms with Crippen LogP contribution in [-0.2, 0) is 4.74 Å². The van der Waals surface area contributed by atoms with E-state index in [-0.39, 0.29) is 11.0 Å². The minimum atomic E-state index is -0.0690. The van der Waals surface area contributed by atoms with Gasteiger partial charge >= 0.3 is 0 Å². The molecule has 2 N–H and O–H groups in total. The van der Waals surface area contributed by atoms with Gasteiger partial charge in [-0.25, -0.2) is 0 Å². The van der Waals surface area contributed by atoms with Gasteiger partial charge in [-0.2, -0.15) is 0 Å². The molecule has 0 bridgehead atoms. The summed E-state index contributed by atoms with van der Waals surface area (Å²) in [5, 5.41) is 0. The Kier molecular flexibility index (Phi) is 4.59. The smallest absolute Gasteiger partial charge is 0.0662 e. The van der Waals surface area contributed by atoms with E-state index >= 15 is 0 Å². The van der Waals surface area contributed by atoms with Crippen molar-refractivity contribution in [2.75, 3.05) is 26.2 Å². The third kappa shape index (κ3) is 2.98. The Bertz CT molecular complexity index is 305. The number of nitrogens with zero attached hydrogens (tertiary/aromatic N) is 1. The fourth-order valence-corrected chi connectivity index (χ4v) is 3.65. The average Bonchev–Trinajstić information content (AvgIpc) is 2.54. The fourth-order valence-electron chi connectivity index (χ4n) is 3.65. The lowest BCUT2D eigenvalue weighted by molar-refractivity contribution is -0.156. The molecule has 3 unspecified atom stereocenters. The van der Waals surface area contributed by atoms with Gasteiger partial charge in [0.05, 0.1) is 6.10 Å². The van der Waals surface area contributed by atoms with E-state index < -0.39 is 0 Å². The largest absolute Gasteiger partial charge is 0.378 e. The normalized spacial score (nSPS) is 39.6. The molecule has 3 atom stereocenters. The van der Waals surface area contributed by atoms with Crippen LogP contribution in [0.25, 0.3) is 0 Å². The summed E-state index contributed by atoms with van der Waals surface area (Å²) in [5.41, 5.74) is 6.73. The number of nitrogens with two attached hydrogens (primary N) is 1. The quantitative estimate of drug-likeness (QED) is 0.852. The highest BCUT2D eigenvalue weighted by Gasteiger charge is 2.58. The zero-order chi connectivity index (χ0) is 14.1. The predicted octanol–water partition coefficient (Wildman–Crippen LogP) is 2.64. The Labute approximate surface area is 118 Å². The van der Waals surface area contributed by atoms with E-state index in [0.717, 1.165) is 25.5 Å². The molecular formula is C16H32N2O. The molecule has 3 nitrogen and oxygen atoms in total. The SMILES string of the molecule is CCOC1CC(N)(CN2CCCC(C)CC2)C1(C)C. The zero-order valence-corrected chi connectivity index (χ0v) is 13.2. The van der Waals surface area contributed by atoms with E-state index in [2.05, 4.69) is 32.6 Å². The highest BCUT2D eigenvalue weighted by atomic mass is 16.5. The molecule has 1 heterocycles. The second-order valence-electron chi connectivity index (χ2n) is 7.34. The minimum absolute atomic E-state index is 0.0690. The maximum absolute atomic E-state index is 6.70. The first-order valence-electron chi connectivity index (χ1n) is 8.02. The van der Waals surface area contributed by atoms with Crippen LogP contribution in [0.4, 0.5) is 0 Å². The van der Waals surface area contributed by atoms with Crippen molar-refractivity contribution in [1.82, 2.24) is 4.90 Å². The van der Waals surface area contributed by atoms with Crippen LogP contribution in [-0.4, -0.2) is 42.8 Å². The molecule has 1 aliphatic heterocycles. The van der Waals surface area contributed by atoms with Gasteiger partial charge in [0.1, 0.15) is 0 Å². The molecule has 0 aromatic rings. The van der Waals surface area contributed by atoms with Crippen molar-refractivity contribution in [1.29, 1.82) is 0 Å². The minimum Gasteiger partial charge on any atom is -0.378 e. The Morgan fingerprint density at radius 2 is 2.00 bits per heavy atom. The number of hydrogen-bond donors (Lipinski definition) is 1. The molecule has 3 heteroatoms. The molecule has 2 aliphatic rings. The van der Waals surface area contributed by atoms with E-state index in [1.807, 2.05) is 0 Å². The first-order valence-corrected chi connectivity index (χ1v) is 8.02. The van der Waals surface area contributed by atoms with E-state index in [4.69, 9.17) is 10.5 Å². The summed E-state index contributed by atoms with van der Waals surface area (Å²) >= 11 is 0. The Morgan fingerprint density at radius 3 is 2.63 bits per heavy atom. The van der Waals surface area contributed by atoms with Crippen LogP contribution in [0.5, 0.6) is 0 Å². The highest BCUT2D eigenvalue weighted by molar-refractivity contribution is 5.14. The molecule has 0 amide bonds. The summed E-state index contributed by atoms with van der Waals surface area (Å²) in [6, 6.07) is 0. The van der Waals surface area contributed by atoms with Crippen molar-refractivity contribution >= 4 is 0 Å². The second-order valence-corrected chi connectivity index (χ2v) is 7.34. The summed E-state index contributed by atoms with van der Waals surface area (Å²) < 4.78 is 5.82. The van der Waals surface area contributed by atoms with Gasteiger partial charge in [0.15, 0.2) is 0 Å². The third-order valence-electron chi connectivity index (χ3n) is 5.62. The summed E-state index contributed by atoms with van der Waals surface area (Å²) in [6.45, 7) is 13.3. The van der Waals surface area contributed by atoms with Crippen molar-refractivity contribution in [2.24, 2.45) is 17.1 Å². The number of hydrogen-bond acceptors (Lipinski definition) is 3. The maximum Gasteiger partial charge on any atom is 0.0662 e. The van der Waals surface area contributed by atoms with Crippen molar-refractivity contribution in [3.8, 4) is 0 Å². The van der Waals surface area contributed by atoms with Crippen molar-refractivity contribution < 1.29 is 4.74 Å². The number of ether oxygens (including phenoxy) is 1.